The maximum atomic E-state index is 12.2. The summed E-state index contributed by atoms with van der Waals surface area (Å²) >= 11 is 5.83. The molecule has 0 aliphatic carbocycles. The second kappa shape index (κ2) is 26.6. The molecule has 0 bridgehead atoms. The number of benzene rings is 4. The normalized spacial score (nSPS) is 11.4. The molecule has 14 nitrogen and oxygen atoms in total. The summed E-state index contributed by atoms with van der Waals surface area (Å²) in [6, 6.07) is 31.5. The highest BCUT2D eigenvalue weighted by atomic mass is 35.5. The van der Waals surface area contributed by atoms with Gasteiger partial charge in [-0.2, -0.15) is 19.6 Å². The van der Waals surface area contributed by atoms with Gasteiger partial charge in [0.2, 0.25) is 0 Å². The van der Waals surface area contributed by atoms with Crippen LogP contribution < -0.4 is 4.89 Å². The average molecular weight is 767 g/mol. The zero-order chi connectivity index (χ0) is 37.7. The first-order chi connectivity index (χ1) is 26.7. The number of halogens is 1. The van der Waals surface area contributed by atoms with Gasteiger partial charge in [-0.25, -0.2) is 0 Å². The summed E-state index contributed by atoms with van der Waals surface area (Å²) in [5, 5.41) is 13.3. The van der Waals surface area contributed by atoms with Crippen LogP contribution in [0.3, 0.4) is 0 Å². The Morgan fingerprint density at radius 1 is 0.519 bits per heavy atom. The largest absolute Gasteiger partial charge is 0.374 e. The van der Waals surface area contributed by atoms with Crippen LogP contribution in [0.4, 0.5) is 0 Å². The summed E-state index contributed by atoms with van der Waals surface area (Å²) in [4.78, 5) is 52.5. The van der Waals surface area contributed by atoms with Crippen LogP contribution in [-0.2, 0) is 72.0 Å². The molecular formula is C39H39ClO14. The summed E-state index contributed by atoms with van der Waals surface area (Å²) in [5.41, 5.74) is 3.92. The van der Waals surface area contributed by atoms with E-state index >= 15 is 0 Å². The highest BCUT2D eigenvalue weighted by Gasteiger charge is 2.17. The van der Waals surface area contributed by atoms with E-state index in [1.54, 1.807) is 24.3 Å². The fourth-order valence-electron chi connectivity index (χ4n) is 4.16. The third-order valence-corrected chi connectivity index (χ3v) is 6.88. The van der Waals surface area contributed by atoms with Gasteiger partial charge in [-0.05, 0) is 79.3 Å². The van der Waals surface area contributed by atoms with Crippen LogP contribution >= 0.6 is 11.6 Å². The third kappa shape index (κ3) is 17.6. The fourth-order valence-corrected chi connectivity index (χ4v) is 4.27. The van der Waals surface area contributed by atoms with Crippen molar-refractivity contribution in [1.82, 2.24) is 0 Å². The van der Waals surface area contributed by atoms with Crippen molar-refractivity contribution in [3.63, 3.8) is 0 Å². The SMILES string of the molecule is O=C(Cl)c1cc(COCCOOO/C=C/c2ccccc2)c(COCCOOO/C=C/c2ccccc2)c(OOCCOOO/C=C\c2ccccc2)c1. The smallest absolute Gasteiger partial charge is 0.252 e. The van der Waals surface area contributed by atoms with Crippen molar-refractivity contribution in [3.05, 3.63) is 155 Å². The molecule has 0 spiro atoms. The number of hydrogen-bond acceptors (Lipinski definition) is 14. The standard InChI is InChI=1S/C39H39ClO14/c40-39(41)35-28-36(30-42-22-24-48-52-45-19-16-32-10-4-1-5-11-32)37(31-43-23-25-49-53-46-20-17-33-12-6-2-7-13-33)38(29-35)51-44-26-27-50-54-47-21-18-34-14-8-3-9-15-34/h1-21,28-29H,22-27,30-31H2/b19-16+,20-17+,21-18-. The van der Waals surface area contributed by atoms with Gasteiger partial charge in [0.25, 0.3) is 5.24 Å². The van der Waals surface area contributed by atoms with Crippen LogP contribution in [0.5, 0.6) is 5.75 Å². The maximum absolute atomic E-state index is 12.2. The van der Waals surface area contributed by atoms with Gasteiger partial charge in [-0.1, -0.05) is 91.0 Å². The van der Waals surface area contributed by atoms with E-state index in [4.69, 9.17) is 65.2 Å². The van der Waals surface area contributed by atoms with Gasteiger partial charge in [0.05, 0.1) is 26.4 Å². The van der Waals surface area contributed by atoms with Crippen molar-refractivity contribution < 1.29 is 68.5 Å². The Kier molecular flexibility index (Phi) is 20.5. The van der Waals surface area contributed by atoms with Gasteiger partial charge in [-0.3, -0.25) is 4.79 Å². The number of carbonyl (C=O) groups is 1. The minimum Gasteiger partial charge on any atom is -0.374 e. The first-order valence-electron chi connectivity index (χ1n) is 16.5. The third-order valence-electron chi connectivity index (χ3n) is 6.66. The van der Waals surface area contributed by atoms with Crippen LogP contribution in [0, 0.1) is 0 Å². The first kappa shape index (κ1) is 41.7. The van der Waals surface area contributed by atoms with Gasteiger partial charge < -0.3 is 29.0 Å². The minimum atomic E-state index is -0.727. The first-order valence-corrected chi connectivity index (χ1v) is 16.9. The van der Waals surface area contributed by atoms with E-state index in [2.05, 4.69) is 10.1 Å². The summed E-state index contributed by atoms with van der Waals surface area (Å²) < 4.78 is 11.5. The van der Waals surface area contributed by atoms with E-state index in [0.717, 1.165) is 16.7 Å². The molecule has 0 fully saturated rings. The fraction of sp³-hybridized carbons (Fsp3) is 0.205. The Morgan fingerprint density at radius 2 is 0.944 bits per heavy atom. The summed E-state index contributed by atoms with van der Waals surface area (Å²) in [5.74, 6) is 0.146. The van der Waals surface area contributed by atoms with Crippen molar-refractivity contribution in [1.29, 1.82) is 0 Å². The van der Waals surface area contributed by atoms with Gasteiger partial charge in [0.15, 0.2) is 5.75 Å². The molecule has 4 aromatic carbocycles. The van der Waals surface area contributed by atoms with E-state index in [1.165, 1.54) is 24.9 Å². The molecule has 0 atom stereocenters. The quantitative estimate of drug-likeness (QED) is 0.0181. The van der Waals surface area contributed by atoms with Crippen molar-refractivity contribution in [2.45, 2.75) is 13.2 Å². The van der Waals surface area contributed by atoms with Gasteiger partial charge >= 0.3 is 0 Å². The molecule has 0 radical (unpaired) electrons. The second-order valence-electron chi connectivity index (χ2n) is 10.5. The lowest BCUT2D eigenvalue weighted by Gasteiger charge is -2.16. The van der Waals surface area contributed by atoms with E-state index < -0.39 is 5.24 Å². The molecule has 0 heterocycles. The molecule has 0 unspecified atom stereocenters. The highest BCUT2D eigenvalue weighted by Crippen LogP contribution is 2.28. The molecule has 286 valence electrons. The molecule has 4 aromatic rings. The van der Waals surface area contributed by atoms with Gasteiger partial charge in [0.1, 0.15) is 45.2 Å². The van der Waals surface area contributed by atoms with E-state index in [1.807, 2.05) is 91.0 Å². The summed E-state index contributed by atoms with van der Waals surface area (Å²) in [6.07, 6.45) is 9.10. The molecule has 54 heavy (non-hydrogen) atoms. The van der Waals surface area contributed by atoms with E-state index in [9.17, 15) is 4.79 Å². The molecule has 15 heteroatoms. The Labute approximate surface area is 316 Å². The molecular weight excluding hydrogens is 728 g/mol. The van der Waals surface area contributed by atoms with Crippen LogP contribution in [0.2, 0.25) is 0 Å². The number of carbonyl (C=O) groups excluding carboxylic acids is 1. The number of hydrogen-bond donors (Lipinski definition) is 0. The Morgan fingerprint density at radius 3 is 1.41 bits per heavy atom. The Bertz CT molecular complexity index is 1600. The average Bonchev–Trinajstić information content (AvgIpc) is 3.20. The Balaban J connectivity index is 1.23. The van der Waals surface area contributed by atoms with E-state index in [0.29, 0.717) is 11.1 Å². The van der Waals surface area contributed by atoms with Crippen molar-refractivity contribution in [2.75, 3.05) is 39.6 Å². The summed E-state index contributed by atoms with van der Waals surface area (Å²) in [7, 11) is 0. The van der Waals surface area contributed by atoms with Crippen molar-refractivity contribution in [3.8, 4) is 5.75 Å². The monoisotopic (exact) mass is 766 g/mol. The van der Waals surface area contributed by atoms with Gasteiger partial charge in [0, 0.05) is 11.1 Å². The summed E-state index contributed by atoms with van der Waals surface area (Å²) in [6.45, 7) is 0.0999. The van der Waals surface area contributed by atoms with Crippen LogP contribution in [0.1, 0.15) is 38.2 Å². The van der Waals surface area contributed by atoms with Crippen LogP contribution in [-0.4, -0.2) is 44.9 Å². The lowest BCUT2D eigenvalue weighted by Crippen LogP contribution is -2.12. The van der Waals surface area contributed by atoms with Crippen LogP contribution in [0.15, 0.2) is 122 Å². The Hall–Kier alpha value is -5.10. The predicted molar refractivity (Wildman–Crippen MR) is 193 cm³/mol. The topological polar surface area (TPSA) is 137 Å². The predicted octanol–water partition coefficient (Wildman–Crippen LogP) is 8.06. The molecule has 4 rings (SSSR count). The molecule has 0 amide bonds. The van der Waals surface area contributed by atoms with Crippen molar-refractivity contribution in [2.24, 2.45) is 0 Å². The maximum Gasteiger partial charge on any atom is 0.252 e. The zero-order valence-corrected chi connectivity index (χ0v) is 29.8. The van der Waals surface area contributed by atoms with Crippen molar-refractivity contribution >= 4 is 35.1 Å². The molecule has 0 aliphatic rings. The van der Waals surface area contributed by atoms with Crippen LogP contribution in [0.25, 0.3) is 18.2 Å². The molecule has 0 N–H and O–H groups in total. The zero-order valence-electron chi connectivity index (χ0n) is 29.0. The lowest BCUT2D eigenvalue weighted by molar-refractivity contribution is -0.492. The highest BCUT2D eigenvalue weighted by molar-refractivity contribution is 6.67. The van der Waals surface area contributed by atoms with E-state index in [-0.39, 0.29) is 64.2 Å². The lowest BCUT2D eigenvalue weighted by atomic mass is 10.0. The number of rotatable bonds is 28. The van der Waals surface area contributed by atoms with Gasteiger partial charge in [-0.15, -0.1) is 0 Å². The molecule has 0 saturated carbocycles. The molecule has 0 aromatic heterocycles. The molecule has 0 saturated heterocycles. The number of ether oxygens (including phenoxy) is 2. The second-order valence-corrected chi connectivity index (χ2v) is 10.8. The molecule has 0 aliphatic heterocycles. The minimum absolute atomic E-state index is 0.00529.